The van der Waals surface area contributed by atoms with Gasteiger partial charge in [0.1, 0.15) is 0 Å². The molecule has 0 aromatic carbocycles. The van der Waals surface area contributed by atoms with E-state index in [1.807, 2.05) is 6.92 Å². The molecule has 1 aliphatic carbocycles. The average Bonchev–Trinajstić information content (AvgIpc) is 2.31. The van der Waals surface area contributed by atoms with E-state index in [1.54, 1.807) is 6.08 Å². The molecular formula is C13H23NO3. The molecule has 0 heterocycles. The summed E-state index contributed by atoms with van der Waals surface area (Å²) in [5.41, 5.74) is 0.469. The lowest BCUT2D eigenvalue weighted by atomic mass is 9.87. The van der Waals surface area contributed by atoms with Crippen LogP contribution >= 0.6 is 0 Å². The third-order valence-electron chi connectivity index (χ3n) is 3.40. The average molecular weight is 241 g/mol. The van der Waals surface area contributed by atoms with E-state index < -0.39 is 5.97 Å². The SMILES string of the molecule is CCC(=CCNCC1CCC(O)CC1)C(=O)O. The molecule has 0 aliphatic heterocycles. The van der Waals surface area contributed by atoms with E-state index in [1.165, 1.54) is 0 Å². The van der Waals surface area contributed by atoms with Crippen molar-refractivity contribution in [1.29, 1.82) is 0 Å². The first-order valence-corrected chi connectivity index (χ1v) is 6.44. The van der Waals surface area contributed by atoms with Crippen molar-refractivity contribution in [3.05, 3.63) is 11.6 Å². The largest absolute Gasteiger partial charge is 0.478 e. The zero-order valence-corrected chi connectivity index (χ0v) is 10.5. The van der Waals surface area contributed by atoms with Crippen LogP contribution in [0.2, 0.25) is 0 Å². The second kappa shape index (κ2) is 7.45. The van der Waals surface area contributed by atoms with Gasteiger partial charge in [-0.1, -0.05) is 13.0 Å². The van der Waals surface area contributed by atoms with Gasteiger partial charge in [-0.2, -0.15) is 0 Å². The molecule has 0 unspecified atom stereocenters. The van der Waals surface area contributed by atoms with Crippen molar-refractivity contribution in [3.8, 4) is 0 Å². The second-order valence-electron chi connectivity index (χ2n) is 4.72. The Morgan fingerprint density at radius 2 is 2.00 bits per heavy atom. The molecule has 4 heteroatoms. The summed E-state index contributed by atoms with van der Waals surface area (Å²) in [6.45, 7) is 3.39. The minimum absolute atomic E-state index is 0.107. The van der Waals surface area contributed by atoms with E-state index in [0.29, 0.717) is 24.5 Å². The number of hydrogen-bond donors (Lipinski definition) is 3. The molecular weight excluding hydrogens is 218 g/mol. The van der Waals surface area contributed by atoms with Crippen LogP contribution in [0.4, 0.5) is 0 Å². The van der Waals surface area contributed by atoms with Gasteiger partial charge in [-0.25, -0.2) is 4.79 Å². The Morgan fingerprint density at radius 1 is 1.35 bits per heavy atom. The van der Waals surface area contributed by atoms with Crippen LogP contribution in [0.25, 0.3) is 0 Å². The van der Waals surface area contributed by atoms with E-state index in [0.717, 1.165) is 32.2 Å². The number of aliphatic hydroxyl groups excluding tert-OH is 1. The molecule has 1 rings (SSSR count). The number of carbonyl (C=O) groups is 1. The van der Waals surface area contributed by atoms with Gasteiger partial charge >= 0.3 is 5.97 Å². The molecule has 4 nitrogen and oxygen atoms in total. The van der Waals surface area contributed by atoms with Crippen LogP contribution < -0.4 is 5.32 Å². The number of rotatable bonds is 6. The molecule has 0 aromatic heterocycles. The Balaban J connectivity index is 2.17. The molecule has 0 saturated heterocycles. The number of carboxylic acid groups (broad SMARTS) is 1. The third-order valence-corrected chi connectivity index (χ3v) is 3.40. The van der Waals surface area contributed by atoms with Gasteiger partial charge in [0.15, 0.2) is 0 Å². The maximum Gasteiger partial charge on any atom is 0.331 e. The molecule has 1 aliphatic rings. The summed E-state index contributed by atoms with van der Waals surface area (Å²) in [4.78, 5) is 10.7. The predicted molar refractivity (Wildman–Crippen MR) is 66.8 cm³/mol. The minimum atomic E-state index is -0.824. The number of carboxylic acids is 1. The molecule has 0 atom stereocenters. The van der Waals surface area contributed by atoms with E-state index in [4.69, 9.17) is 5.11 Å². The zero-order chi connectivity index (χ0) is 12.7. The highest BCUT2D eigenvalue weighted by Gasteiger charge is 2.18. The fourth-order valence-electron chi connectivity index (χ4n) is 2.21. The lowest BCUT2D eigenvalue weighted by molar-refractivity contribution is -0.132. The van der Waals surface area contributed by atoms with Crippen LogP contribution in [0, 0.1) is 5.92 Å². The predicted octanol–water partition coefficient (Wildman–Crippen LogP) is 1.55. The van der Waals surface area contributed by atoms with Gasteiger partial charge in [-0.15, -0.1) is 0 Å². The lowest BCUT2D eigenvalue weighted by Crippen LogP contribution is -2.28. The Kier molecular flexibility index (Phi) is 6.22. The van der Waals surface area contributed by atoms with Gasteiger partial charge in [0.25, 0.3) is 0 Å². The molecule has 17 heavy (non-hydrogen) atoms. The van der Waals surface area contributed by atoms with Crippen LogP contribution in [0.1, 0.15) is 39.0 Å². The fraction of sp³-hybridized carbons (Fsp3) is 0.769. The van der Waals surface area contributed by atoms with Gasteiger partial charge < -0.3 is 15.5 Å². The van der Waals surface area contributed by atoms with E-state index in [2.05, 4.69) is 5.32 Å². The fourth-order valence-corrected chi connectivity index (χ4v) is 2.21. The number of nitrogens with one attached hydrogen (secondary N) is 1. The van der Waals surface area contributed by atoms with Gasteiger partial charge in [0.05, 0.1) is 6.10 Å². The molecule has 0 bridgehead atoms. The quantitative estimate of drug-likeness (QED) is 0.487. The van der Waals surface area contributed by atoms with Crippen molar-refractivity contribution in [2.24, 2.45) is 5.92 Å². The van der Waals surface area contributed by atoms with Crippen molar-refractivity contribution in [2.75, 3.05) is 13.1 Å². The summed E-state index contributed by atoms with van der Waals surface area (Å²) in [7, 11) is 0. The molecule has 0 aromatic rings. The second-order valence-corrected chi connectivity index (χ2v) is 4.72. The topological polar surface area (TPSA) is 69.6 Å². The molecule has 1 saturated carbocycles. The number of hydrogen-bond acceptors (Lipinski definition) is 3. The maximum atomic E-state index is 10.7. The summed E-state index contributed by atoms with van der Waals surface area (Å²) in [6.07, 6.45) is 6.14. The summed E-state index contributed by atoms with van der Waals surface area (Å²) < 4.78 is 0. The first kappa shape index (κ1) is 14.2. The molecule has 98 valence electrons. The minimum Gasteiger partial charge on any atom is -0.478 e. The van der Waals surface area contributed by atoms with Crippen LogP contribution in [-0.2, 0) is 4.79 Å². The Labute approximate surface area is 103 Å². The van der Waals surface area contributed by atoms with Gasteiger partial charge in [0.2, 0.25) is 0 Å². The van der Waals surface area contributed by atoms with Crippen molar-refractivity contribution < 1.29 is 15.0 Å². The first-order valence-electron chi connectivity index (χ1n) is 6.44. The highest BCUT2D eigenvalue weighted by Crippen LogP contribution is 2.23. The third kappa shape index (κ3) is 5.33. The lowest BCUT2D eigenvalue weighted by Gasteiger charge is -2.25. The molecule has 0 radical (unpaired) electrons. The van der Waals surface area contributed by atoms with Crippen LogP contribution in [0.3, 0.4) is 0 Å². The standard InChI is InChI=1S/C13H23NO3/c1-2-11(13(16)17)7-8-14-9-10-3-5-12(15)6-4-10/h7,10,12,14-15H,2-6,8-9H2,1H3,(H,16,17). The van der Waals surface area contributed by atoms with Crippen molar-refractivity contribution in [3.63, 3.8) is 0 Å². The molecule has 0 spiro atoms. The van der Waals surface area contributed by atoms with Gasteiger partial charge in [0, 0.05) is 12.1 Å². The van der Waals surface area contributed by atoms with Crippen molar-refractivity contribution >= 4 is 5.97 Å². The highest BCUT2D eigenvalue weighted by molar-refractivity contribution is 5.86. The van der Waals surface area contributed by atoms with Crippen LogP contribution in [-0.4, -0.2) is 35.4 Å². The number of aliphatic carboxylic acids is 1. The maximum absolute atomic E-state index is 10.7. The van der Waals surface area contributed by atoms with Crippen molar-refractivity contribution in [1.82, 2.24) is 5.32 Å². The summed E-state index contributed by atoms with van der Waals surface area (Å²) in [5, 5.41) is 21.5. The highest BCUT2D eigenvalue weighted by atomic mass is 16.4. The van der Waals surface area contributed by atoms with Gasteiger partial charge in [-0.3, -0.25) is 0 Å². The van der Waals surface area contributed by atoms with E-state index in [-0.39, 0.29) is 6.10 Å². The summed E-state index contributed by atoms with van der Waals surface area (Å²) >= 11 is 0. The van der Waals surface area contributed by atoms with Crippen LogP contribution in [0.15, 0.2) is 11.6 Å². The van der Waals surface area contributed by atoms with E-state index in [9.17, 15) is 9.90 Å². The first-order chi connectivity index (χ1) is 8.13. The molecule has 0 amide bonds. The normalized spacial score (nSPS) is 25.9. The van der Waals surface area contributed by atoms with Crippen LogP contribution in [0.5, 0.6) is 0 Å². The summed E-state index contributed by atoms with van der Waals surface area (Å²) in [6, 6.07) is 0. The summed E-state index contributed by atoms with van der Waals surface area (Å²) in [5.74, 6) is -0.197. The van der Waals surface area contributed by atoms with Crippen molar-refractivity contribution in [2.45, 2.75) is 45.1 Å². The smallest absolute Gasteiger partial charge is 0.331 e. The molecule has 3 N–H and O–H groups in total. The van der Waals surface area contributed by atoms with E-state index >= 15 is 0 Å². The molecule has 1 fully saturated rings. The zero-order valence-electron chi connectivity index (χ0n) is 10.5. The Morgan fingerprint density at radius 3 is 2.53 bits per heavy atom. The Bertz CT molecular complexity index is 268. The number of aliphatic hydroxyl groups is 1. The monoisotopic (exact) mass is 241 g/mol. The van der Waals surface area contributed by atoms with Gasteiger partial charge in [-0.05, 0) is 44.6 Å². The Hall–Kier alpha value is -0.870.